The van der Waals surface area contributed by atoms with Crippen molar-refractivity contribution in [1.29, 1.82) is 0 Å². The van der Waals surface area contributed by atoms with Gasteiger partial charge in [-0.15, -0.1) is 0 Å². The van der Waals surface area contributed by atoms with Crippen molar-refractivity contribution in [1.82, 2.24) is 13.7 Å². The van der Waals surface area contributed by atoms with Crippen molar-refractivity contribution in [2.75, 3.05) is 11.5 Å². The number of amides is 1. The first kappa shape index (κ1) is 17.9. The largest absolute Gasteiger partial charge is 0.369 e. The Balaban J connectivity index is 2.80. The first-order valence-corrected chi connectivity index (χ1v) is 8.24. The summed E-state index contributed by atoms with van der Waals surface area (Å²) in [6.07, 6.45) is 0.388. The fourth-order valence-electron chi connectivity index (χ4n) is 1.90. The molecule has 2 N–H and O–H groups in total. The minimum absolute atomic E-state index is 0.0221. The number of aromatic nitrogens is 3. The molecule has 0 bridgehead atoms. The summed E-state index contributed by atoms with van der Waals surface area (Å²) >= 11 is 0. The number of carbonyl (C=O) groups excluding carboxylic acids is 1. The van der Waals surface area contributed by atoms with Crippen LogP contribution in [0.15, 0.2) is 14.4 Å². The maximum absolute atomic E-state index is 11.8. The zero-order valence-corrected chi connectivity index (χ0v) is 13.1. The van der Waals surface area contributed by atoms with E-state index in [0.29, 0.717) is 0 Å². The molecular weight excluding hydrogens is 316 g/mol. The van der Waals surface area contributed by atoms with Crippen LogP contribution in [0.1, 0.15) is 12.8 Å². The third kappa shape index (κ3) is 4.16. The third-order valence-corrected chi connectivity index (χ3v) is 4.69. The molecule has 0 saturated carbocycles. The van der Waals surface area contributed by atoms with Crippen LogP contribution < -0.4 is 22.8 Å². The van der Waals surface area contributed by atoms with E-state index in [0.717, 1.165) is 13.7 Å². The second kappa shape index (κ2) is 6.73. The van der Waals surface area contributed by atoms with Gasteiger partial charge in [0, 0.05) is 20.6 Å². The van der Waals surface area contributed by atoms with Gasteiger partial charge in [-0.05, 0) is 12.8 Å². The molecule has 0 aliphatic carbocycles. The summed E-state index contributed by atoms with van der Waals surface area (Å²) in [4.78, 5) is 45.8. The smallest absolute Gasteiger partial charge is 0.336 e. The molecule has 0 aromatic carbocycles. The summed E-state index contributed by atoms with van der Waals surface area (Å²) < 4.78 is 25.4. The molecule has 0 unspecified atom stereocenters. The van der Waals surface area contributed by atoms with Crippen LogP contribution in [0.25, 0.3) is 0 Å². The SMILES string of the molecule is Cn1c(=O)n(C)c(=O)n(CCCCS(=O)(=O)CC(N)=O)c1=O. The summed E-state index contributed by atoms with van der Waals surface area (Å²) in [5.41, 5.74) is 2.58. The van der Waals surface area contributed by atoms with Crippen molar-refractivity contribution in [3.63, 3.8) is 0 Å². The van der Waals surface area contributed by atoms with Gasteiger partial charge in [0.25, 0.3) is 0 Å². The lowest BCUT2D eigenvalue weighted by atomic mass is 10.3. The number of primary amides is 1. The fraction of sp³-hybridized carbons (Fsp3) is 0.636. The Labute approximate surface area is 125 Å². The van der Waals surface area contributed by atoms with Gasteiger partial charge in [-0.3, -0.25) is 4.79 Å². The minimum atomic E-state index is -3.58. The Morgan fingerprint density at radius 1 is 1.00 bits per heavy atom. The Hall–Kier alpha value is -2.17. The van der Waals surface area contributed by atoms with E-state index in [4.69, 9.17) is 5.73 Å². The molecule has 1 heterocycles. The lowest BCUT2D eigenvalue weighted by Crippen LogP contribution is -2.52. The highest BCUT2D eigenvalue weighted by atomic mass is 32.2. The van der Waals surface area contributed by atoms with E-state index in [1.165, 1.54) is 14.1 Å². The van der Waals surface area contributed by atoms with Crippen LogP contribution in [0.5, 0.6) is 0 Å². The Kier molecular flexibility index (Phi) is 5.47. The standard InChI is InChI=1S/C11H18N4O6S/c1-13-9(17)14(2)11(19)15(10(13)18)5-3-4-6-22(20,21)7-8(12)16/h3-7H2,1-2H3,(H2,12,16). The van der Waals surface area contributed by atoms with Crippen molar-refractivity contribution in [2.45, 2.75) is 19.4 Å². The van der Waals surface area contributed by atoms with Crippen molar-refractivity contribution < 1.29 is 13.2 Å². The van der Waals surface area contributed by atoms with Crippen LogP contribution >= 0.6 is 0 Å². The van der Waals surface area contributed by atoms with Gasteiger partial charge in [-0.2, -0.15) is 0 Å². The molecule has 0 aliphatic heterocycles. The van der Waals surface area contributed by atoms with E-state index in [-0.39, 0.29) is 25.1 Å². The average Bonchev–Trinajstić information content (AvgIpc) is 2.40. The van der Waals surface area contributed by atoms with Crippen molar-refractivity contribution in [3.8, 4) is 0 Å². The van der Waals surface area contributed by atoms with Gasteiger partial charge in [0.05, 0.1) is 5.75 Å². The number of nitrogens with zero attached hydrogens (tertiary/aromatic N) is 3. The lowest BCUT2D eigenvalue weighted by Gasteiger charge is -2.08. The van der Waals surface area contributed by atoms with Crippen LogP contribution in [-0.4, -0.2) is 39.5 Å². The minimum Gasteiger partial charge on any atom is -0.369 e. The van der Waals surface area contributed by atoms with Crippen LogP contribution in [0.3, 0.4) is 0 Å². The molecule has 0 aliphatic rings. The molecule has 0 atom stereocenters. The maximum atomic E-state index is 11.8. The predicted molar refractivity (Wildman–Crippen MR) is 78.3 cm³/mol. The summed E-state index contributed by atoms with van der Waals surface area (Å²) in [5.74, 6) is -1.92. The Morgan fingerprint density at radius 2 is 1.50 bits per heavy atom. The molecule has 0 radical (unpaired) electrons. The maximum Gasteiger partial charge on any atom is 0.336 e. The molecule has 0 spiro atoms. The van der Waals surface area contributed by atoms with Crippen LogP contribution in [0.4, 0.5) is 0 Å². The number of carbonyl (C=O) groups is 1. The summed E-state index contributed by atoms with van der Waals surface area (Å²) in [6, 6.07) is 0. The highest BCUT2D eigenvalue weighted by molar-refractivity contribution is 7.92. The normalized spacial score (nSPS) is 11.5. The van der Waals surface area contributed by atoms with E-state index < -0.39 is 38.6 Å². The van der Waals surface area contributed by atoms with Crippen molar-refractivity contribution in [3.05, 3.63) is 31.5 Å². The predicted octanol–water partition coefficient (Wildman–Crippen LogP) is -3.07. The van der Waals surface area contributed by atoms with Crippen molar-refractivity contribution >= 4 is 15.7 Å². The highest BCUT2D eigenvalue weighted by Crippen LogP contribution is 1.98. The number of sulfone groups is 1. The summed E-state index contributed by atoms with van der Waals surface area (Å²) in [7, 11) is -1.08. The Morgan fingerprint density at radius 3 is 1.95 bits per heavy atom. The number of hydrogen-bond donors (Lipinski definition) is 1. The van der Waals surface area contributed by atoms with E-state index >= 15 is 0 Å². The summed E-state index contributed by atoms with van der Waals surface area (Å²) in [5, 5.41) is 0. The van der Waals surface area contributed by atoms with E-state index in [1.807, 2.05) is 0 Å². The van der Waals surface area contributed by atoms with E-state index in [9.17, 15) is 27.6 Å². The quantitative estimate of drug-likeness (QED) is 0.524. The van der Waals surface area contributed by atoms with E-state index in [1.54, 1.807) is 0 Å². The van der Waals surface area contributed by atoms with Crippen molar-refractivity contribution in [2.24, 2.45) is 19.8 Å². The van der Waals surface area contributed by atoms with Gasteiger partial charge in [0.15, 0.2) is 9.84 Å². The molecule has 0 fully saturated rings. The monoisotopic (exact) mass is 334 g/mol. The topological polar surface area (TPSA) is 143 Å². The molecular formula is C11H18N4O6S. The molecule has 22 heavy (non-hydrogen) atoms. The second-order valence-corrected chi connectivity index (χ2v) is 7.07. The molecule has 1 rings (SSSR count). The van der Waals surface area contributed by atoms with Crippen LogP contribution in [-0.2, 0) is 35.3 Å². The second-order valence-electron chi connectivity index (χ2n) is 4.88. The summed E-state index contributed by atoms with van der Waals surface area (Å²) in [6.45, 7) is -0.0221. The first-order valence-electron chi connectivity index (χ1n) is 6.42. The van der Waals surface area contributed by atoms with E-state index in [2.05, 4.69) is 0 Å². The molecule has 10 nitrogen and oxygen atoms in total. The fourth-order valence-corrected chi connectivity index (χ4v) is 3.13. The molecule has 124 valence electrons. The lowest BCUT2D eigenvalue weighted by molar-refractivity contribution is -0.115. The number of unbranched alkanes of at least 4 members (excludes halogenated alkanes) is 1. The van der Waals surface area contributed by atoms with Gasteiger partial charge in [-0.25, -0.2) is 36.5 Å². The number of hydrogen-bond acceptors (Lipinski definition) is 6. The Bertz CT molecular complexity index is 805. The zero-order chi connectivity index (χ0) is 17.1. The van der Waals surface area contributed by atoms with Crippen LogP contribution in [0, 0.1) is 0 Å². The molecule has 0 saturated heterocycles. The molecule has 1 aromatic rings. The molecule has 1 amide bonds. The van der Waals surface area contributed by atoms with Gasteiger partial charge < -0.3 is 5.73 Å². The molecule has 11 heteroatoms. The van der Waals surface area contributed by atoms with Gasteiger partial charge in [-0.1, -0.05) is 0 Å². The first-order chi connectivity index (χ1) is 10.1. The highest BCUT2D eigenvalue weighted by Gasteiger charge is 2.15. The third-order valence-electron chi connectivity index (χ3n) is 3.06. The van der Waals surface area contributed by atoms with Crippen LogP contribution in [0.2, 0.25) is 0 Å². The van der Waals surface area contributed by atoms with Gasteiger partial charge in [0.2, 0.25) is 5.91 Å². The van der Waals surface area contributed by atoms with Gasteiger partial charge in [0.1, 0.15) is 5.75 Å². The average molecular weight is 334 g/mol. The van der Waals surface area contributed by atoms with Gasteiger partial charge >= 0.3 is 17.1 Å². The zero-order valence-electron chi connectivity index (χ0n) is 12.3. The number of nitrogens with two attached hydrogens (primary N) is 1. The molecule has 1 aromatic heterocycles. The number of rotatable bonds is 7.